The zero-order chi connectivity index (χ0) is 18.7. The summed E-state index contributed by atoms with van der Waals surface area (Å²) >= 11 is 0. The van der Waals surface area contributed by atoms with Gasteiger partial charge in [-0.3, -0.25) is 19.2 Å². The van der Waals surface area contributed by atoms with Gasteiger partial charge in [0, 0.05) is 44.2 Å². The lowest BCUT2D eigenvalue weighted by atomic mass is 10.1. The highest BCUT2D eigenvalue weighted by Gasteiger charge is 2.33. The summed E-state index contributed by atoms with van der Waals surface area (Å²) in [4.78, 5) is 28.6. The number of nitrogens with one attached hydrogen (secondary N) is 1. The van der Waals surface area contributed by atoms with E-state index in [0.29, 0.717) is 24.7 Å². The number of hydrogen-bond acceptors (Lipinski definition) is 5. The van der Waals surface area contributed by atoms with Crippen LogP contribution in [-0.2, 0) is 16.6 Å². The second-order valence-corrected chi connectivity index (χ2v) is 6.26. The number of carbonyl (C=O) groups is 2. The molecule has 0 radical (unpaired) electrons. The fourth-order valence-electron chi connectivity index (χ4n) is 3.01. The highest BCUT2D eigenvalue weighted by Crippen LogP contribution is 2.24. The van der Waals surface area contributed by atoms with Gasteiger partial charge in [0.1, 0.15) is 5.75 Å². The predicted molar refractivity (Wildman–Crippen MR) is 98.2 cm³/mol. The molecule has 1 aromatic carbocycles. The van der Waals surface area contributed by atoms with E-state index in [2.05, 4.69) is 10.4 Å². The van der Waals surface area contributed by atoms with Gasteiger partial charge in [0.25, 0.3) is 0 Å². The summed E-state index contributed by atoms with van der Waals surface area (Å²) in [7, 11) is 3.38. The first kappa shape index (κ1) is 17.9. The van der Waals surface area contributed by atoms with Gasteiger partial charge in [-0.25, -0.2) is 0 Å². The molecule has 2 amide bonds. The number of hydrogen-bond donors (Lipinski definition) is 1. The zero-order valence-electron chi connectivity index (χ0n) is 15.2. The minimum Gasteiger partial charge on any atom is -0.497 e. The molecule has 1 aliphatic rings. The third kappa shape index (κ3) is 3.85. The molecule has 1 aliphatic heterocycles. The number of methoxy groups -OCH3 is 1. The first-order valence-corrected chi connectivity index (χ1v) is 8.47. The maximum atomic E-state index is 12.8. The summed E-state index contributed by atoms with van der Waals surface area (Å²) in [5.74, 6) is 1.000. The lowest BCUT2D eigenvalue weighted by Gasteiger charge is -2.38. The van der Waals surface area contributed by atoms with E-state index in [4.69, 9.17) is 4.74 Å². The average molecular weight is 357 g/mol. The van der Waals surface area contributed by atoms with Crippen molar-refractivity contribution in [3.8, 4) is 5.75 Å². The van der Waals surface area contributed by atoms with Gasteiger partial charge in [-0.15, -0.1) is 0 Å². The van der Waals surface area contributed by atoms with Gasteiger partial charge in [0.05, 0.1) is 19.7 Å². The van der Waals surface area contributed by atoms with Crippen LogP contribution in [0.3, 0.4) is 0 Å². The van der Waals surface area contributed by atoms with Gasteiger partial charge in [-0.05, 0) is 19.1 Å². The molecule has 0 saturated carbocycles. The molecule has 2 aromatic rings. The molecule has 138 valence electrons. The molecule has 1 atom stereocenters. The Morgan fingerprint density at radius 2 is 2.15 bits per heavy atom. The van der Waals surface area contributed by atoms with E-state index in [1.54, 1.807) is 36.0 Å². The van der Waals surface area contributed by atoms with Crippen molar-refractivity contribution in [3.05, 3.63) is 36.5 Å². The minimum atomic E-state index is -0.385. The van der Waals surface area contributed by atoms with Crippen molar-refractivity contribution in [1.82, 2.24) is 14.7 Å². The number of piperazine rings is 1. The van der Waals surface area contributed by atoms with E-state index in [0.717, 1.165) is 5.69 Å². The van der Waals surface area contributed by atoms with E-state index in [1.165, 1.54) is 0 Å². The summed E-state index contributed by atoms with van der Waals surface area (Å²) in [5.41, 5.74) is 0.804. The molecule has 3 rings (SSSR count). The summed E-state index contributed by atoms with van der Waals surface area (Å²) in [5, 5.41) is 6.87. The Kier molecular flexibility index (Phi) is 5.22. The molecule has 8 nitrogen and oxygen atoms in total. The zero-order valence-corrected chi connectivity index (χ0v) is 15.2. The van der Waals surface area contributed by atoms with Crippen molar-refractivity contribution >= 4 is 23.3 Å². The smallest absolute Gasteiger partial charge is 0.244 e. The molecule has 26 heavy (non-hydrogen) atoms. The fraction of sp³-hybridized carbons (Fsp3) is 0.389. The Labute approximate surface area is 152 Å². The maximum absolute atomic E-state index is 12.8. The molecule has 2 heterocycles. The van der Waals surface area contributed by atoms with Crippen molar-refractivity contribution in [1.29, 1.82) is 0 Å². The first-order chi connectivity index (χ1) is 12.5. The number of rotatable bonds is 5. The Bertz CT molecular complexity index is 804. The molecule has 8 heteroatoms. The Morgan fingerprint density at radius 3 is 2.85 bits per heavy atom. The van der Waals surface area contributed by atoms with E-state index in [1.807, 2.05) is 36.1 Å². The van der Waals surface area contributed by atoms with Crippen molar-refractivity contribution < 1.29 is 14.3 Å². The highest BCUT2D eigenvalue weighted by atomic mass is 16.5. The number of aryl methyl sites for hydroxylation is 1. The van der Waals surface area contributed by atoms with Gasteiger partial charge in [0.15, 0.2) is 5.82 Å². The van der Waals surface area contributed by atoms with Crippen molar-refractivity contribution in [2.24, 2.45) is 7.05 Å². The van der Waals surface area contributed by atoms with Crippen molar-refractivity contribution in [2.45, 2.75) is 13.0 Å². The van der Waals surface area contributed by atoms with Crippen LogP contribution in [0.1, 0.15) is 6.92 Å². The topological polar surface area (TPSA) is 79.7 Å². The van der Waals surface area contributed by atoms with Crippen LogP contribution in [0.2, 0.25) is 0 Å². The van der Waals surface area contributed by atoms with E-state index in [9.17, 15) is 9.59 Å². The van der Waals surface area contributed by atoms with Crippen LogP contribution < -0.4 is 15.0 Å². The quantitative estimate of drug-likeness (QED) is 0.867. The number of aromatic nitrogens is 2. The SMILES string of the molecule is COc1cccc(N2CCN(CC(=O)Nc3ccn(C)n3)[C@H](C)C2=O)c1. The molecule has 0 unspecified atom stereocenters. The number of nitrogens with zero attached hydrogens (tertiary/aromatic N) is 4. The second kappa shape index (κ2) is 7.57. The molecule has 0 spiro atoms. The lowest BCUT2D eigenvalue weighted by Crippen LogP contribution is -2.57. The monoisotopic (exact) mass is 357 g/mol. The standard InChI is InChI=1S/C18H23N5O3/c1-13-18(25)23(14-5-4-6-15(11-14)26-3)10-9-22(13)12-17(24)19-16-7-8-21(2)20-16/h4-8,11,13H,9-10,12H2,1-3H3,(H,19,20,24)/t13-/m1/s1. The molecule has 1 N–H and O–H groups in total. The van der Waals surface area contributed by atoms with Gasteiger partial charge in [-0.2, -0.15) is 5.10 Å². The van der Waals surface area contributed by atoms with Gasteiger partial charge in [-0.1, -0.05) is 6.07 Å². The third-order valence-electron chi connectivity index (χ3n) is 4.47. The van der Waals surface area contributed by atoms with Crippen LogP contribution in [0.5, 0.6) is 5.75 Å². The van der Waals surface area contributed by atoms with Gasteiger partial charge in [0.2, 0.25) is 11.8 Å². The second-order valence-electron chi connectivity index (χ2n) is 6.26. The molecule has 1 aromatic heterocycles. The molecular formula is C18H23N5O3. The molecule has 0 bridgehead atoms. The van der Waals surface area contributed by atoms with Gasteiger partial charge < -0.3 is 15.0 Å². The van der Waals surface area contributed by atoms with Gasteiger partial charge >= 0.3 is 0 Å². The predicted octanol–water partition coefficient (Wildman–Crippen LogP) is 1.10. The number of carbonyl (C=O) groups excluding carboxylic acids is 2. The number of amides is 2. The Balaban J connectivity index is 1.62. The van der Waals surface area contributed by atoms with Crippen LogP contribution in [0.4, 0.5) is 11.5 Å². The third-order valence-corrected chi connectivity index (χ3v) is 4.47. The Morgan fingerprint density at radius 1 is 1.35 bits per heavy atom. The van der Waals surface area contributed by atoms with Crippen LogP contribution in [-0.4, -0.2) is 59.3 Å². The highest BCUT2D eigenvalue weighted by molar-refractivity contribution is 5.99. The molecule has 1 fully saturated rings. The lowest BCUT2D eigenvalue weighted by molar-refractivity contribution is -0.127. The van der Waals surface area contributed by atoms with Crippen molar-refractivity contribution in [3.63, 3.8) is 0 Å². The van der Waals surface area contributed by atoms with Crippen LogP contribution in [0.25, 0.3) is 0 Å². The summed E-state index contributed by atoms with van der Waals surface area (Å²) in [6, 6.07) is 8.77. The van der Waals surface area contributed by atoms with Crippen molar-refractivity contribution in [2.75, 3.05) is 37.0 Å². The van der Waals surface area contributed by atoms with Crippen LogP contribution in [0, 0.1) is 0 Å². The first-order valence-electron chi connectivity index (χ1n) is 8.47. The largest absolute Gasteiger partial charge is 0.497 e. The summed E-state index contributed by atoms with van der Waals surface area (Å²) < 4.78 is 6.85. The summed E-state index contributed by atoms with van der Waals surface area (Å²) in [6.07, 6.45) is 1.76. The number of anilines is 2. The number of ether oxygens (including phenoxy) is 1. The van der Waals surface area contributed by atoms with E-state index in [-0.39, 0.29) is 24.4 Å². The van der Waals surface area contributed by atoms with E-state index < -0.39 is 0 Å². The number of benzene rings is 1. The molecular weight excluding hydrogens is 334 g/mol. The van der Waals surface area contributed by atoms with E-state index >= 15 is 0 Å². The summed E-state index contributed by atoms with van der Waals surface area (Å²) in [6.45, 7) is 3.10. The normalized spacial score (nSPS) is 18.0. The minimum absolute atomic E-state index is 0.0323. The fourth-order valence-corrected chi connectivity index (χ4v) is 3.01. The molecule has 0 aliphatic carbocycles. The van der Waals surface area contributed by atoms with Crippen LogP contribution >= 0.6 is 0 Å². The van der Waals surface area contributed by atoms with Crippen LogP contribution in [0.15, 0.2) is 36.5 Å². The Hall–Kier alpha value is -2.87. The average Bonchev–Trinajstić information content (AvgIpc) is 3.04. The molecule has 1 saturated heterocycles. The maximum Gasteiger partial charge on any atom is 0.244 e.